The van der Waals surface area contributed by atoms with Crippen LogP contribution in [0.25, 0.3) is 6.08 Å². The van der Waals surface area contributed by atoms with Crippen molar-refractivity contribution in [3.05, 3.63) is 29.3 Å². The Kier molecular flexibility index (Phi) is 7.55. The molecule has 2 saturated carbocycles. The van der Waals surface area contributed by atoms with E-state index in [1.165, 1.54) is 26.0 Å². The van der Waals surface area contributed by atoms with Gasteiger partial charge in [-0.05, 0) is 49.5 Å². The first-order valence-electron chi connectivity index (χ1n) is 10.8. The number of rotatable bonds is 6. The molecule has 1 aromatic rings. The molecule has 2 amide bonds. The average molecular weight is 401 g/mol. The minimum Gasteiger partial charge on any atom is -0.504 e. The SMILES string of the molecule is COc1ccc(C=C(C(=O)NC2CCCCC2)C(=O)NC2CCCCC2)cc1O. The number of aromatic hydroxyl groups is 1. The zero-order valence-corrected chi connectivity index (χ0v) is 17.2. The molecule has 2 aliphatic rings. The monoisotopic (exact) mass is 400 g/mol. The maximum absolute atomic E-state index is 13.0. The summed E-state index contributed by atoms with van der Waals surface area (Å²) < 4.78 is 5.07. The van der Waals surface area contributed by atoms with Crippen molar-refractivity contribution in [2.45, 2.75) is 76.3 Å². The predicted octanol–water partition coefficient (Wildman–Crippen LogP) is 3.68. The summed E-state index contributed by atoms with van der Waals surface area (Å²) in [6, 6.07) is 5.08. The van der Waals surface area contributed by atoms with Crippen molar-refractivity contribution in [2.24, 2.45) is 0 Å². The normalized spacial score (nSPS) is 18.0. The molecule has 29 heavy (non-hydrogen) atoms. The van der Waals surface area contributed by atoms with Gasteiger partial charge in [0.15, 0.2) is 11.5 Å². The van der Waals surface area contributed by atoms with E-state index in [9.17, 15) is 14.7 Å². The third-order valence-corrected chi connectivity index (χ3v) is 5.88. The average Bonchev–Trinajstić information content (AvgIpc) is 2.73. The van der Waals surface area contributed by atoms with Gasteiger partial charge in [-0.15, -0.1) is 0 Å². The van der Waals surface area contributed by atoms with Gasteiger partial charge in [-0.25, -0.2) is 0 Å². The summed E-state index contributed by atoms with van der Waals surface area (Å²) in [5.74, 6) is -0.371. The van der Waals surface area contributed by atoms with Crippen LogP contribution in [0.15, 0.2) is 23.8 Å². The van der Waals surface area contributed by atoms with E-state index in [2.05, 4.69) is 10.6 Å². The number of ether oxygens (including phenoxy) is 1. The molecule has 0 radical (unpaired) electrons. The zero-order chi connectivity index (χ0) is 20.6. The van der Waals surface area contributed by atoms with Crippen molar-refractivity contribution in [1.29, 1.82) is 0 Å². The quantitative estimate of drug-likeness (QED) is 0.386. The Labute approximate surface area is 172 Å². The molecule has 0 aliphatic heterocycles. The van der Waals surface area contributed by atoms with E-state index in [0.29, 0.717) is 11.3 Å². The molecule has 0 unspecified atom stereocenters. The van der Waals surface area contributed by atoms with Crippen LogP contribution in [0.1, 0.15) is 69.8 Å². The number of hydrogen-bond donors (Lipinski definition) is 3. The summed E-state index contributed by atoms with van der Waals surface area (Å²) in [6.45, 7) is 0. The maximum atomic E-state index is 13.0. The van der Waals surface area contributed by atoms with Gasteiger partial charge in [-0.2, -0.15) is 0 Å². The Hall–Kier alpha value is -2.50. The number of carbonyl (C=O) groups excluding carboxylic acids is 2. The van der Waals surface area contributed by atoms with Crippen molar-refractivity contribution >= 4 is 17.9 Å². The lowest BCUT2D eigenvalue weighted by Crippen LogP contribution is -2.43. The minimum atomic E-state index is -0.347. The summed E-state index contributed by atoms with van der Waals surface area (Å²) in [5.41, 5.74) is 0.668. The van der Waals surface area contributed by atoms with Gasteiger partial charge < -0.3 is 20.5 Å². The highest BCUT2D eigenvalue weighted by atomic mass is 16.5. The molecular formula is C23H32N2O4. The first kappa shape index (κ1) is 21.2. The van der Waals surface area contributed by atoms with Crippen molar-refractivity contribution < 1.29 is 19.4 Å². The van der Waals surface area contributed by atoms with Crippen LogP contribution in [0, 0.1) is 0 Å². The Morgan fingerprint density at radius 1 is 0.931 bits per heavy atom. The fraction of sp³-hybridized carbons (Fsp3) is 0.565. The van der Waals surface area contributed by atoms with E-state index in [0.717, 1.165) is 51.4 Å². The molecule has 3 N–H and O–H groups in total. The lowest BCUT2D eigenvalue weighted by Gasteiger charge is -2.25. The molecule has 0 heterocycles. The van der Waals surface area contributed by atoms with Crippen molar-refractivity contribution in [3.63, 3.8) is 0 Å². The summed E-state index contributed by atoms with van der Waals surface area (Å²) in [4.78, 5) is 26.0. The lowest BCUT2D eigenvalue weighted by atomic mass is 9.94. The first-order valence-corrected chi connectivity index (χ1v) is 10.8. The highest BCUT2D eigenvalue weighted by Gasteiger charge is 2.25. The molecule has 0 saturated heterocycles. The van der Waals surface area contributed by atoms with Gasteiger partial charge in [0, 0.05) is 12.1 Å². The van der Waals surface area contributed by atoms with Crippen molar-refractivity contribution in [1.82, 2.24) is 10.6 Å². The number of hydrogen-bond acceptors (Lipinski definition) is 4. The van der Waals surface area contributed by atoms with E-state index in [4.69, 9.17) is 4.74 Å². The number of methoxy groups -OCH3 is 1. The van der Waals surface area contributed by atoms with Crippen LogP contribution < -0.4 is 15.4 Å². The van der Waals surface area contributed by atoms with Gasteiger partial charge in [0.25, 0.3) is 11.8 Å². The van der Waals surface area contributed by atoms with Gasteiger partial charge >= 0.3 is 0 Å². The molecule has 2 fully saturated rings. The first-order chi connectivity index (χ1) is 14.1. The topological polar surface area (TPSA) is 87.7 Å². The molecule has 0 bridgehead atoms. The lowest BCUT2D eigenvalue weighted by molar-refractivity contribution is -0.124. The van der Waals surface area contributed by atoms with Crippen LogP contribution in [0.3, 0.4) is 0 Å². The molecule has 0 aromatic heterocycles. The van der Waals surface area contributed by atoms with E-state index >= 15 is 0 Å². The standard InChI is InChI=1S/C23H32N2O4/c1-29-21-13-12-16(15-20(21)26)14-19(22(27)24-17-8-4-2-5-9-17)23(28)25-18-10-6-3-7-11-18/h12-15,17-18,26H,2-11H2,1H3,(H,24,27)(H,25,28). The van der Waals surface area contributed by atoms with E-state index in [-0.39, 0.29) is 35.2 Å². The summed E-state index contributed by atoms with van der Waals surface area (Å²) >= 11 is 0. The minimum absolute atomic E-state index is 0.0269. The number of carbonyl (C=O) groups is 2. The number of nitrogens with one attached hydrogen (secondary N) is 2. The number of amides is 2. The molecule has 6 nitrogen and oxygen atoms in total. The van der Waals surface area contributed by atoms with Crippen LogP contribution >= 0.6 is 0 Å². The van der Waals surface area contributed by atoms with Gasteiger partial charge in [0.2, 0.25) is 0 Å². The smallest absolute Gasteiger partial charge is 0.257 e. The highest BCUT2D eigenvalue weighted by molar-refractivity contribution is 6.21. The highest BCUT2D eigenvalue weighted by Crippen LogP contribution is 2.27. The van der Waals surface area contributed by atoms with Crippen LogP contribution in [0.4, 0.5) is 0 Å². The Morgan fingerprint density at radius 3 is 1.90 bits per heavy atom. The second-order valence-corrected chi connectivity index (χ2v) is 8.11. The van der Waals surface area contributed by atoms with Crippen molar-refractivity contribution in [2.75, 3.05) is 7.11 Å². The number of phenols is 1. The molecule has 0 atom stereocenters. The van der Waals surface area contributed by atoms with E-state index < -0.39 is 0 Å². The second-order valence-electron chi connectivity index (χ2n) is 8.11. The molecular weight excluding hydrogens is 368 g/mol. The summed E-state index contributed by atoms with van der Waals surface area (Å²) in [5, 5.41) is 16.1. The molecule has 2 aliphatic carbocycles. The van der Waals surface area contributed by atoms with E-state index in [1.54, 1.807) is 18.2 Å². The van der Waals surface area contributed by atoms with E-state index in [1.807, 2.05) is 0 Å². The van der Waals surface area contributed by atoms with Crippen LogP contribution in [-0.2, 0) is 9.59 Å². The molecule has 0 spiro atoms. The summed E-state index contributed by atoms with van der Waals surface area (Å²) in [6.07, 6.45) is 12.2. The Morgan fingerprint density at radius 2 is 1.45 bits per heavy atom. The maximum Gasteiger partial charge on any atom is 0.257 e. The molecule has 3 rings (SSSR count). The Balaban J connectivity index is 1.80. The number of phenolic OH excluding ortho intramolecular Hbond substituents is 1. The van der Waals surface area contributed by atoms with Crippen LogP contribution in [0.2, 0.25) is 0 Å². The largest absolute Gasteiger partial charge is 0.504 e. The summed E-state index contributed by atoms with van der Waals surface area (Å²) in [7, 11) is 1.48. The van der Waals surface area contributed by atoms with Gasteiger partial charge in [-0.3, -0.25) is 9.59 Å². The zero-order valence-electron chi connectivity index (χ0n) is 17.2. The third kappa shape index (κ3) is 5.99. The Bertz CT molecular complexity index is 713. The van der Waals surface area contributed by atoms with Gasteiger partial charge in [0.05, 0.1) is 7.11 Å². The van der Waals surface area contributed by atoms with Gasteiger partial charge in [0.1, 0.15) is 5.57 Å². The number of benzene rings is 1. The predicted molar refractivity (Wildman–Crippen MR) is 113 cm³/mol. The van der Waals surface area contributed by atoms with Crippen LogP contribution in [-0.4, -0.2) is 36.1 Å². The molecule has 1 aromatic carbocycles. The molecule has 158 valence electrons. The fourth-order valence-electron chi connectivity index (χ4n) is 4.22. The fourth-order valence-corrected chi connectivity index (χ4v) is 4.22. The second kappa shape index (κ2) is 10.3. The third-order valence-electron chi connectivity index (χ3n) is 5.88. The van der Waals surface area contributed by atoms with Crippen molar-refractivity contribution in [3.8, 4) is 11.5 Å². The molecule has 6 heteroatoms. The van der Waals surface area contributed by atoms with Crippen LogP contribution in [0.5, 0.6) is 11.5 Å². The van der Waals surface area contributed by atoms with Gasteiger partial charge in [-0.1, -0.05) is 44.6 Å².